The van der Waals surface area contributed by atoms with Gasteiger partial charge in [0.1, 0.15) is 6.54 Å². The number of amides is 1. The predicted octanol–water partition coefficient (Wildman–Crippen LogP) is 2.09. The van der Waals surface area contributed by atoms with Gasteiger partial charge < -0.3 is 14.6 Å². The molecule has 0 radical (unpaired) electrons. The van der Waals surface area contributed by atoms with Gasteiger partial charge in [-0.15, -0.1) is 0 Å². The Morgan fingerprint density at radius 3 is 2.86 bits per heavy atom. The quantitative estimate of drug-likeness (QED) is 0.873. The van der Waals surface area contributed by atoms with Crippen molar-refractivity contribution in [2.45, 2.75) is 58.0 Å². The summed E-state index contributed by atoms with van der Waals surface area (Å²) in [4.78, 5) is 24.2. The number of carbonyl (C=O) groups is 1. The first kappa shape index (κ1) is 15.6. The summed E-state index contributed by atoms with van der Waals surface area (Å²) in [6.07, 6.45) is 8.15. The number of hydrogen-bond acceptors (Lipinski definition) is 3. The minimum absolute atomic E-state index is 0.0542. The van der Waals surface area contributed by atoms with Crippen molar-refractivity contribution in [2.75, 3.05) is 6.61 Å². The molecule has 0 spiro atoms. The zero-order valence-electron chi connectivity index (χ0n) is 12.6. The van der Waals surface area contributed by atoms with E-state index in [2.05, 4.69) is 5.32 Å². The monoisotopic (exact) mass is 292 g/mol. The van der Waals surface area contributed by atoms with E-state index in [4.69, 9.17) is 4.74 Å². The van der Waals surface area contributed by atoms with Gasteiger partial charge in [0.05, 0.1) is 6.61 Å². The maximum atomic E-state index is 12.2. The Labute approximate surface area is 125 Å². The molecule has 1 aliphatic rings. The van der Waals surface area contributed by atoms with Gasteiger partial charge in [0.15, 0.2) is 5.75 Å². The summed E-state index contributed by atoms with van der Waals surface area (Å²) >= 11 is 0. The van der Waals surface area contributed by atoms with E-state index in [1.165, 1.54) is 23.8 Å². The van der Waals surface area contributed by atoms with Crippen LogP contribution >= 0.6 is 0 Å². The highest BCUT2D eigenvalue weighted by Gasteiger charge is 2.16. The zero-order chi connectivity index (χ0) is 15.1. The molecule has 5 heteroatoms. The Balaban J connectivity index is 1.95. The molecule has 0 atom stereocenters. The fraction of sp³-hybridized carbons (Fsp3) is 0.625. The molecule has 1 fully saturated rings. The van der Waals surface area contributed by atoms with Crippen LogP contribution in [0, 0.1) is 0 Å². The van der Waals surface area contributed by atoms with E-state index < -0.39 is 0 Å². The van der Waals surface area contributed by atoms with Gasteiger partial charge in [0.25, 0.3) is 5.56 Å². The van der Waals surface area contributed by atoms with Crippen molar-refractivity contribution in [1.82, 2.24) is 9.88 Å². The third-order valence-electron chi connectivity index (χ3n) is 3.73. The normalized spacial score (nSPS) is 15.7. The van der Waals surface area contributed by atoms with Crippen LogP contribution < -0.4 is 15.6 Å². The molecule has 0 aliphatic heterocycles. The maximum absolute atomic E-state index is 12.2. The molecule has 5 nitrogen and oxygen atoms in total. The van der Waals surface area contributed by atoms with E-state index >= 15 is 0 Å². The summed E-state index contributed by atoms with van der Waals surface area (Å²) in [7, 11) is 0. The van der Waals surface area contributed by atoms with Gasteiger partial charge in [0.2, 0.25) is 5.91 Å². The van der Waals surface area contributed by atoms with Crippen LogP contribution in [0.1, 0.15) is 45.4 Å². The van der Waals surface area contributed by atoms with Crippen molar-refractivity contribution in [1.29, 1.82) is 0 Å². The topological polar surface area (TPSA) is 60.3 Å². The SMILES string of the molecule is CCCOc1cccn(CC(=O)NC2CCCCC2)c1=O. The minimum atomic E-state index is -0.246. The molecule has 1 saturated carbocycles. The second kappa shape index (κ2) is 7.86. The first-order chi connectivity index (χ1) is 10.2. The van der Waals surface area contributed by atoms with Crippen molar-refractivity contribution >= 4 is 5.91 Å². The van der Waals surface area contributed by atoms with E-state index in [9.17, 15) is 9.59 Å². The lowest BCUT2D eigenvalue weighted by Crippen LogP contribution is -2.39. The van der Waals surface area contributed by atoms with Gasteiger partial charge >= 0.3 is 0 Å². The Kier molecular flexibility index (Phi) is 5.84. The molecule has 1 aromatic rings. The van der Waals surface area contributed by atoms with Crippen molar-refractivity contribution in [3.63, 3.8) is 0 Å². The molecular weight excluding hydrogens is 268 g/mol. The number of nitrogens with zero attached hydrogens (tertiary/aromatic N) is 1. The molecule has 0 bridgehead atoms. The van der Waals surface area contributed by atoms with E-state index in [1.807, 2.05) is 6.92 Å². The van der Waals surface area contributed by atoms with Gasteiger partial charge in [-0.1, -0.05) is 26.2 Å². The Hall–Kier alpha value is -1.78. The number of carbonyl (C=O) groups excluding carboxylic acids is 1. The molecule has 1 aromatic heterocycles. The van der Waals surface area contributed by atoms with E-state index in [0.29, 0.717) is 12.4 Å². The van der Waals surface area contributed by atoms with Gasteiger partial charge in [-0.2, -0.15) is 0 Å². The number of ether oxygens (including phenoxy) is 1. The summed E-state index contributed by atoms with van der Waals surface area (Å²) in [6.45, 7) is 2.55. The number of hydrogen-bond donors (Lipinski definition) is 1. The molecule has 1 N–H and O–H groups in total. The molecule has 1 aliphatic carbocycles. The highest BCUT2D eigenvalue weighted by atomic mass is 16.5. The molecule has 2 rings (SSSR count). The van der Waals surface area contributed by atoms with Gasteiger partial charge in [-0.25, -0.2) is 0 Å². The lowest BCUT2D eigenvalue weighted by Gasteiger charge is -2.22. The molecule has 116 valence electrons. The second-order valence-corrected chi connectivity index (χ2v) is 5.56. The first-order valence-electron chi connectivity index (χ1n) is 7.82. The van der Waals surface area contributed by atoms with Crippen LogP contribution in [0.25, 0.3) is 0 Å². The molecule has 0 unspecified atom stereocenters. The minimum Gasteiger partial charge on any atom is -0.488 e. The van der Waals surface area contributed by atoms with E-state index in [1.54, 1.807) is 18.3 Å². The molecule has 0 aromatic carbocycles. The fourth-order valence-electron chi connectivity index (χ4n) is 2.64. The van der Waals surface area contributed by atoms with Crippen molar-refractivity contribution < 1.29 is 9.53 Å². The summed E-state index contributed by atoms with van der Waals surface area (Å²) in [5.74, 6) is 0.210. The predicted molar refractivity (Wildman–Crippen MR) is 81.5 cm³/mol. The van der Waals surface area contributed by atoms with Crippen LogP contribution in [0.15, 0.2) is 23.1 Å². The molecule has 1 amide bonds. The van der Waals surface area contributed by atoms with Crippen LogP contribution in [-0.2, 0) is 11.3 Å². The smallest absolute Gasteiger partial charge is 0.293 e. The Morgan fingerprint density at radius 2 is 2.14 bits per heavy atom. The summed E-state index contributed by atoms with van der Waals surface area (Å²) in [6, 6.07) is 3.65. The number of aromatic nitrogens is 1. The van der Waals surface area contributed by atoms with E-state index in [0.717, 1.165) is 19.3 Å². The summed E-state index contributed by atoms with van der Waals surface area (Å²) in [5, 5.41) is 3.02. The fourth-order valence-corrected chi connectivity index (χ4v) is 2.64. The second-order valence-electron chi connectivity index (χ2n) is 5.56. The number of pyridine rings is 1. The third kappa shape index (κ3) is 4.62. The average Bonchev–Trinajstić information content (AvgIpc) is 2.49. The largest absolute Gasteiger partial charge is 0.488 e. The van der Waals surface area contributed by atoms with Crippen molar-refractivity contribution in [3.8, 4) is 5.75 Å². The lowest BCUT2D eigenvalue weighted by molar-refractivity contribution is -0.122. The number of rotatable bonds is 6. The maximum Gasteiger partial charge on any atom is 0.293 e. The molecule has 21 heavy (non-hydrogen) atoms. The van der Waals surface area contributed by atoms with Crippen LogP contribution in [0.2, 0.25) is 0 Å². The molecule has 0 saturated heterocycles. The third-order valence-corrected chi connectivity index (χ3v) is 3.73. The van der Waals surface area contributed by atoms with E-state index in [-0.39, 0.29) is 24.1 Å². The standard InChI is InChI=1S/C16H24N2O3/c1-2-11-21-14-9-6-10-18(16(14)20)12-15(19)17-13-7-4-3-5-8-13/h6,9-10,13H,2-5,7-8,11-12H2,1H3,(H,17,19). The van der Waals surface area contributed by atoms with Crippen LogP contribution in [0.4, 0.5) is 0 Å². The highest BCUT2D eigenvalue weighted by Crippen LogP contribution is 2.17. The molecule has 1 heterocycles. The highest BCUT2D eigenvalue weighted by molar-refractivity contribution is 5.76. The lowest BCUT2D eigenvalue weighted by atomic mass is 9.95. The van der Waals surface area contributed by atoms with Gasteiger partial charge in [-0.05, 0) is 31.4 Å². The van der Waals surface area contributed by atoms with Crippen LogP contribution in [-0.4, -0.2) is 23.1 Å². The van der Waals surface area contributed by atoms with Crippen LogP contribution in [0.5, 0.6) is 5.75 Å². The first-order valence-corrected chi connectivity index (χ1v) is 7.82. The number of nitrogens with one attached hydrogen (secondary N) is 1. The van der Waals surface area contributed by atoms with Gasteiger partial charge in [-0.3, -0.25) is 9.59 Å². The van der Waals surface area contributed by atoms with Crippen LogP contribution in [0.3, 0.4) is 0 Å². The Bertz CT molecular complexity index is 518. The summed E-state index contributed by atoms with van der Waals surface area (Å²) in [5.41, 5.74) is -0.246. The summed E-state index contributed by atoms with van der Waals surface area (Å²) < 4.78 is 6.80. The molecular formula is C16H24N2O3. The average molecular weight is 292 g/mol. The Morgan fingerprint density at radius 1 is 1.38 bits per heavy atom. The van der Waals surface area contributed by atoms with Gasteiger partial charge in [0, 0.05) is 12.2 Å². The van der Waals surface area contributed by atoms with Crippen molar-refractivity contribution in [3.05, 3.63) is 28.7 Å². The van der Waals surface area contributed by atoms with Crippen molar-refractivity contribution in [2.24, 2.45) is 0 Å². The zero-order valence-corrected chi connectivity index (χ0v) is 12.6.